The summed E-state index contributed by atoms with van der Waals surface area (Å²) in [6.07, 6.45) is 1.72. The summed E-state index contributed by atoms with van der Waals surface area (Å²) in [5.74, 6) is 0.0589. The van der Waals surface area contributed by atoms with Crippen LogP contribution in [0.2, 0.25) is 0 Å². The standard InChI is InChI=1S/C17H18O/c1-12-10-11-17(2,18)16(12)15-9-5-7-13-6-3-4-8-14(13)15/h3-9,16,18H,1,10-11H2,2H3/t16-,17-/m1/s1. The van der Waals surface area contributed by atoms with E-state index in [1.807, 2.05) is 13.0 Å². The van der Waals surface area contributed by atoms with Gasteiger partial charge in [0, 0.05) is 5.92 Å². The van der Waals surface area contributed by atoms with Gasteiger partial charge in [-0.05, 0) is 36.1 Å². The van der Waals surface area contributed by atoms with E-state index in [-0.39, 0.29) is 5.92 Å². The van der Waals surface area contributed by atoms with Crippen LogP contribution in [0, 0.1) is 0 Å². The SMILES string of the molecule is C=C1CC[C@@](C)(O)[C@H]1c1cccc2ccccc12. The van der Waals surface area contributed by atoms with Gasteiger partial charge >= 0.3 is 0 Å². The molecule has 0 bridgehead atoms. The molecule has 2 aromatic carbocycles. The summed E-state index contributed by atoms with van der Waals surface area (Å²) in [7, 11) is 0. The zero-order chi connectivity index (χ0) is 12.8. The quantitative estimate of drug-likeness (QED) is 0.744. The molecule has 92 valence electrons. The summed E-state index contributed by atoms with van der Waals surface area (Å²) in [5, 5.41) is 13.0. The maximum absolute atomic E-state index is 10.6. The van der Waals surface area contributed by atoms with E-state index < -0.39 is 5.60 Å². The molecule has 1 aliphatic rings. The first kappa shape index (κ1) is 11.5. The van der Waals surface area contributed by atoms with Gasteiger partial charge in [-0.3, -0.25) is 0 Å². The molecule has 18 heavy (non-hydrogen) atoms. The van der Waals surface area contributed by atoms with E-state index in [9.17, 15) is 5.11 Å². The average molecular weight is 238 g/mol. The van der Waals surface area contributed by atoms with Gasteiger partial charge in [-0.2, -0.15) is 0 Å². The smallest absolute Gasteiger partial charge is 0.0728 e. The molecular weight excluding hydrogens is 220 g/mol. The summed E-state index contributed by atoms with van der Waals surface area (Å²) >= 11 is 0. The second-order valence-electron chi connectivity index (χ2n) is 5.52. The Labute approximate surface area is 108 Å². The average Bonchev–Trinajstić information content (AvgIpc) is 2.63. The normalized spacial score (nSPS) is 27.9. The molecule has 0 aromatic heterocycles. The molecule has 1 nitrogen and oxygen atoms in total. The molecule has 1 aliphatic carbocycles. The molecule has 2 aromatic rings. The Hall–Kier alpha value is -1.60. The second kappa shape index (κ2) is 3.96. The van der Waals surface area contributed by atoms with Gasteiger partial charge < -0.3 is 5.11 Å². The van der Waals surface area contributed by atoms with Crippen LogP contribution >= 0.6 is 0 Å². The topological polar surface area (TPSA) is 20.2 Å². The van der Waals surface area contributed by atoms with Crippen molar-refractivity contribution in [3.63, 3.8) is 0 Å². The lowest BCUT2D eigenvalue weighted by Crippen LogP contribution is -2.27. The van der Waals surface area contributed by atoms with Crippen molar-refractivity contribution >= 4 is 10.8 Å². The third-order valence-corrected chi connectivity index (χ3v) is 4.12. The summed E-state index contributed by atoms with van der Waals surface area (Å²) in [6.45, 7) is 6.08. The molecule has 1 saturated carbocycles. The van der Waals surface area contributed by atoms with Crippen LogP contribution < -0.4 is 0 Å². The van der Waals surface area contributed by atoms with Crippen molar-refractivity contribution < 1.29 is 5.11 Å². The van der Waals surface area contributed by atoms with E-state index >= 15 is 0 Å². The Morgan fingerprint density at radius 2 is 1.89 bits per heavy atom. The Bertz CT molecular complexity index is 605. The summed E-state index contributed by atoms with van der Waals surface area (Å²) < 4.78 is 0. The molecule has 1 N–H and O–H groups in total. The fraction of sp³-hybridized carbons (Fsp3) is 0.294. The fourth-order valence-corrected chi connectivity index (χ4v) is 3.20. The number of aliphatic hydroxyl groups is 1. The maximum Gasteiger partial charge on any atom is 0.0728 e. The van der Waals surface area contributed by atoms with Crippen LogP contribution in [-0.2, 0) is 0 Å². The number of rotatable bonds is 1. The molecule has 1 fully saturated rings. The lowest BCUT2D eigenvalue weighted by molar-refractivity contribution is 0.0547. The highest BCUT2D eigenvalue weighted by Gasteiger charge is 2.40. The van der Waals surface area contributed by atoms with Crippen LogP contribution in [0.5, 0.6) is 0 Å². The minimum absolute atomic E-state index is 0.0589. The highest BCUT2D eigenvalue weighted by Crippen LogP contribution is 2.47. The Balaban J connectivity index is 2.23. The largest absolute Gasteiger partial charge is 0.389 e. The van der Waals surface area contributed by atoms with E-state index in [1.54, 1.807) is 0 Å². The molecule has 0 radical (unpaired) electrons. The predicted octanol–water partition coefficient (Wildman–Crippen LogP) is 4.02. The highest BCUT2D eigenvalue weighted by molar-refractivity contribution is 5.86. The monoisotopic (exact) mass is 238 g/mol. The van der Waals surface area contributed by atoms with Crippen LogP contribution in [0.25, 0.3) is 10.8 Å². The van der Waals surface area contributed by atoms with Crippen molar-refractivity contribution in [1.82, 2.24) is 0 Å². The van der Waals surface area contributed by atoms with Crippen molar-refractivity contribution in [3.8, 4) is 0 Å². The molecule has 0 spiro atoms. The number of hydrogen-bond acceptors (Lipinski definition) is 1. The van der Waals surface area contributed by atoms with Crippen molar-refractivity contribution in [2.75, 3.05) is 0 Å². The Morgan fingerprint density at radius 3 is 2.61 bits per heavy atom. The lowest BCUT2D eigenvalue weighted by atomic mass is 9.82. The van der Waals surface area contributed by atoms with Crippen molar-refractivity contribution in [1.29, 1.82) is 0 Å². The van der Waals surface area contributed by atoms with Crippen LogP contribution in [0.15, 0.2) is 54.6 Å². The van der Waals surface area contributed by atoms with Gasteiger partial charge in [-0.15, -0.1) is 0 Å². The van der Waals surface area contributed by atoms with Crippen LogP contribution in [0.4, 0.5) is 0 Å². The van der Waals surface area contributed by atoms with Gasteiger partial charge in [0.05, 0.1) is 5.60 Å². The first-order valence-electron chi connectivity index (χ1n) is 6.47. The zero-order valence-corrected chi connectivity index (χ0v) is 10.7. The molecule has 0 aliphatic heterocycles. The molecule has 0 saturated heterocycles. The Kier molecular flexibility index (Phi) is 2.53. The van der Waals surface area contributed by atoms with Gasteiger partial charge in [0.15, 0.2) is 0 Å². The van der Waals surface area contributed by atoms with Crippen molar-refractivity contribution in [2.24, 2.45) is 0 Å². The van der Waals surface area contributed by atoms with Gasteiger partial charge in [0.2, 0.25) is 0 Å². The molecule has 0 heterocycles. The highest BCUT2D eigenvalue weighted by atomic mass is 16.3. The van der Waals surface area contributed by atoms with E-state index in [2.05, 4.69) is 43.0 Å². The lowest BCUT2D eigenvalue weighted by Gasteiger charge is -2.27. The minimum atomic E-state index is -0.665. The van der Waals surface area contributed by atoms with Crippen molar-refractivity contribution in [3.05, 3.63) is 60.2 Å². The van der Waals surface area contributed by atoms with Gasteiger partial charge in [0.25, 0.3) is 0 Å². The van der Waals surface area contributed by atoms with Gasteiger partial charge in [-0.25, -0.2) is 0 Å². The summed E-state index contributed by atoms with van der Waals surface area (Å²) in [5.41, 5.74) is 1.69. The summed E-state index contributed by atoms with van der Waals surface area (Å²) in [4.78, 5) is 0. The Morgan fingerprint density at radius 1 is 1.17 bits per heavy atom. The van der Waals surface area contributed by atoms with E-state index in [1.165, 1.54) is 16.3 Å². The summed E-state index contributed by atoms with van der Waals surface area (Å²) in [6, 6.07) is 14.7. The van der Waals surface area contributed by atoms with E-state index in [0.717, 1.165) is 18.4 Å². The van der Waals surface area contributed by atoms with Crippen molar-refractivity contribution in [2.45, 2.75) is 31.3 Å². The molecule has 3 rings (SSSR count). The molecule has 2 atom stereocenters. The third-order valence-electron chi connectivity index (χ3n) is 4.12. The number of benzene rings is 2. The van der Waals surface area contributed by atoms with Gasteiger partial charge in [-0.1, -0.05) is 54.6 Å². The molecule has 0 amide bonds. The first-order chi connectivity index (χ1) is 8.59. The predicted molar refractivity (Wildman–Crippen MR) is 75.7 cm³/mol. The second-order valence-corrected chi connectivity index (χ2v) is 5.52. The third kappa shape index (κ3) is 1.67. The molecule has 0 unspecified atom stereocenters. The van der Waals surface area contributed by atoms with Crippen LogP contribution in [-0.4, -0.2) is 10.7 Å². The fourth-order valence-electron chi connectivity index (χ4n) is 3.20. The number of hydrogen-bond donors (Lipinski definition) is 1. The van der Waals surface area contributed by atoms with E-state index in [0.29, 0.717) is 0 Å². The van der Waals surface area contributed by atoms with Crippen LogP contribution in [0.1, 0.15) is 31.2 Å². The minimum Gasteiger partial charge on any atom is -0.389 e. The zero-order valence-electron chi connectivity index (χ0n) is 10.7. The van der Waals surface area contributed by atoms with Crippen LogP contribution in [0.3, 0.4) is 0 Å². The van der Waals surface area contributed by atoms with Gasteiger partial charge in [0.1, 0.15) is 0 Å². The maximum atomic E-state index is 10.6. The molecule has 1 heteroatoms. The number of fused-ring (bicyclic) bond motifs is 1. The van der Waals surface area contributed by atoms with E-state index in [4.69, 9.17) is 0 Å². The molecular formula is C17H18O. The first-order valence-corrected chi connectivity index (χ1v) is 6.47.